The number of ether oxygens (including phenoxy) is 1. The summed E-state index contributed by atoms with van der Waals surface area (Å²) in [5.41, 5.74) is -0.460. The van der Waals surface area contributed by atoms with Crippen LogP contribution in [0.15, 0.2) is 0 Å². The van der Waals surface area contributed by atoms with Crippen molar-refractivity contribution in [3.8, 4) is 0 Å². The molecule has 2 aliphatic heterocycles. The third-order valence-corrected chi connectivity index (χ3v) is 5.65. The third kappa shape index (κ3) is 7.95. The highest BCUT2D eigenvalue weighted by atomic mass is 16.6. The van der Waals surface area contributed by atoms with Crippen LogP contribution in [0.2, 0.25) is 0 Å². The molecule has 0 spiro atoms. The van der Waals surface area contributed by atoms with E-state index in [0.29, 0.717) is 18.4 Å². The number of nitrogens with one attached hydrogen (secondary N) is 1. The molecule has 1 atom stereocenters. The summed E-state index contributed by atoms with van der Waals surface area (Å²) >= 11 is 0. The first-order valence-corrected chi connectivity index (χ1v) is 10.8. The fourth-order valence-electron chi connectivity index (χ4n) is 3.99. The number of likely N-dealkylation sites (N-methyl/N-ethyl adjacent to an activating group) is 1. The Kier molecular flexibility index (Phi) is 8.56. The standard InChI is InChI=1S/C21H40N4O3/c1-21(2,3)28-20(27)22-17-10-14-24(15-11-17)12-7-9-19(26)25-13-6-8-18(16-25)23(4)5/h17-18H,6-16H2,1-5H3,(H,22,27)/t18-/m1/s1. The van der Waals surface area contributed by atoms with Crippen LogP contribution in [0.1, 0.15) is 59.3 Å². The van der Waals surface area contributed by atoms with Crippen molar-refractivity contribution >= 4 is 12.0 Å². The summed E-state index contributed by atoms with van der Waals surface area (Å²) in [7, 11) is 4.19. The molecular formula is C21H40N4O3. The molecule has 1 N–H and O–H groups in total. The van der Waals surface area contributed by atoms with Crippen molar-refractivity contribution in [2.24, 2.45) is 0 Å². The molecule has 7 nitrogen and oxygen atoms in total. The molecule has 2 rings (SSSR count). The van der Waals surface area contributed by atoms with Gasteiger partial charge < -0.3 is 24.8 Å². The van der Waals surface area contributed by atoms with Crippen molar-refractivity contribution in [3.63, 3.8) is 0 Å². The fourth-order valence-corrected chi connectivity index (χ4v) is 3.99. The highest BCUT2D eigenvalue weighted by Crippen LogP contribution is 2.16. The predicted octanol–water partition coefficient (Wildman–Crippen LogP) is 2.31. The molecule has 2 amide bonds. The average Bonchev–Trinajstić information content (AvgIpc) is 2.61. The Balaban J connectivity index is 1.61. The van der Waals surface area contributed by atoms with Gasteiger partial charge in [0.2, 0.25) is 5.91 Å². The van der Waals surface area contributed by atoms with Gasteiger partial charge in [-0.2, -0.15) is 0 Å². The first kappa shape index (κ1) is 22.9. The number of likely N-dealkylation sites (tertiary alicyclic amines) is 2. The first-order valence-electron chi connectivity index (χ1n) is 10.8. The Morgan fingerprint density at radius 2 is 1.79 bits per heavy atom. The molecular weight excluding hydrogens is 356 g/mol. The van der Waals surface area contributed by atoms with Gasteiger partial charge in [0.05, 0.1) is 0 Å². The normalized spacial score (nSPS) is 22.4. The summed E-state index contributed by atoms with van der Waals surface area (Å²) in [4.78, 5) is 31.1. The lowest BCUT2D eigenvalue weighted by molar-refractivity contribution is -0.133. The fraction of sp³-hybridized carbons (Fsp3) is 0.905. The van der Waals surface area contributed by atoms with Crippen LogP contribution >= 0.6 is 0 Å². The van der Waals surface area contributed by atoms with Gasteiger partial charge in [0.1, 0.15) is 5.60 Å². The average molecular weight is 397 g/mol. The van der Waals surface area contributed by atoms with Crippen molar-refractivity contribution in [3.05, 3.63) is 0 Å². The maximum absolute atomic E-state index is 12.5. The topological polar surface area (TPSA) is 65.1 Å². The van der Waals surface area contributed by atoms with E-state index >= 15 is 0 Å². The number of nitrogens with zero attached hydrogens (tertiary/aromatic N) is 3. The summed E-state index contributed by atoms with van der Waals surface area (Å²) in [6.07, 6.45) is 5.38. The van der Waals surface area contributed by atoms with Crippen molar-refractivity contribution in [2.45, 2.75) is 77.0 Å². The molecule has 0 saturated carbocycles. The minimum atomic E-state index is -0.460. The highest BCUT2D eigenvalue weighted by Gasteiger charge is 2.26. The van der Waals surface area contributed by atoms with E-state index < -0.39 is 5.60 Å². The molecule has 2 fully saturated rings. The maximum atomic E-state index is 12.5. The number of alkyl carbamates (subject to hydrolysis) is 1. The number of hydrogen-bond acceptors (Lipinski definition) is 5. The van der Waals surface area contributed by atoms with E-state index in [1.807, 2.05) is 25.7 Å². The number of carbonyl (C=O) groups is 2. The van der Waals surface area contributed by atoms with Gasteiger partial charge in [-0.15, -0.1) is 0 Å². The molecule has 7 heteroatoms. The van der Waals surface area contributed by atoms with Gasteiger partial charge in [-0.05, 0) is 73.5 Å². The molecule has 0 aromatic rings. The van der Waals surface area contributed by atoms with E-state index in [4.69, 9.17) is 4.74 Å². The number of piperidine rings is 2. The molecule has 0 unspecified atom stereocenters. The second kappa shape index (κ2) is 10.4. The van der Waals surface area contributed by atoms with Crippen LogP contribution < -0.4 is 5.32 Å². The summed E-state index contributed by atoms with van der Waals surface area (Å²) in [5, 5.41) is 2.97. The van der Waals surface area contributed by atoms with Crippen molar-refractivity contribution in [2.75, 3.05) is 46.8 Å². The molecule has 28 heavy (non-hydrogen) atoms. The quantitative estimate of drug-likeness (QED) is 0.746. The zero-order valence-corrected chi connectivity index (χ0v) is 18.5. The Morgan fingerprint density at radius 1 is 1.11 bits per heavy atom. The maximum Gasteiger partial charge on any atom is 0.407 e. The summed E-state index contributed by atoms with van der Waals surface area (Å²) in [5.74, 6) is 0.299. The molecule has 0 aromatic heterocycles. The lowest BCUT2D eigenvalue weighted by atomic mass is 10.0. The number of carbonyl (C=O) groups excluding carboxylic acids is 2. The van der Waals surface area contributed by atoms with Gasteiger partial charge in [-0.25, -0.2) is 4.79 Å². The molecule has 162 valence electrons. The summed E-state index contributed by atoms with van der Waals surface area (Å²) in [6, 6.07) is 0.679. The number of rotatable bonds is 6. The number of amides is 2. The van der Waals surface area contributed by atoms with Gasteiger partial charge in [0, 0.05) is 44.7 Å². The van der Waals surface area contributed by atoms with E-state index in [1.165, 1.54) is 6.42 Å². The molecule has 0 aromatic carbocycles. The van der Waals surface area contributed by atoms with Crippen LogP contribution in [0.4, 0.5) is 4.79 Å². The Labute approximate surface area is 170 Å². The summed E-state index contributed by atoms with van der Waals surface area (Å²) < 4.78 is 5.33. The van der Waals surface area contributed by atoms with E-state index in [-0.39, 0.29) is 12.1 Å². The number of hydrogen-bond donors (Lipinski definition) is 1. The largest absolute Gasteiger partial charge is 0.444 e. The lowest BCUT2D eigenvalue weighted by Crippen LogP contribution is -2.48. The van der Waals surface area contributed by atoms with Crippen LogP contribution in [0.3, 0.4) is 0 Å². The van der Waals surface area contributed by atoms with Crippen molar-refractivity contribution in [1.29, 1.82) is 0 Å². The summed E-state index contributed by atoms with van der Waals surface area (Å²) in [6.45, 7) is 10.3. The first-order chi connectivity index (χ1) is 13.1. The zero-order valence-electron chi connectivity index (χ0n) is 18.5. The van der Waals surface area contributed by atoms with Crippen molar-refractivity contribution < 1.29 is 14.3 Å². The molecule has 0 aliphatic carbocycles. The minimum absolute atomic E-state index is 0.184. The Hall–Kier alpha value is -1.34. The minimum Gasteiger partial charge on any atom is -0.444 e. The second-order valence-corrected chi connectivity index (χ2v) is 9.47. The van der Waals surface area contributed by atoms with Gasteiger partial charge in [-0.3, -0.25) is 4.79 Å². The molecule has 2 heterocycles. The van der Waals surface area contributed by atoms with Crippen LogP contribution in [0, 0.1) is 0 Å². The molecule has 2 aliphatic rings. The molecule has 2 saturated heterocycles. The van der Waals surface area contributed by atoms with Gasteiger partial charge in [0.15, 0.2) is 0 Å². The van der Waals surface area contributed by atoms with Crippen LogP contribution in [0.5, 0.6) is 0 Å². The van der Waals surface area contributed by atoms with Crippen LogP contribution in [-0.2, 0) is 9.53 Å². The zero-order chi connectivity index (χ0) is 20.7. The SMILES string of the molecule is CN(C)[C@@H]1CCCN(C(=O)CCCN2CCC(NC(=O)OC(C)(C)C)CC2)C1. The third-order valence-electron chi connectivity index (χ3n) is 5.65. The van der Waals surface area contributed by atoms with Gasteiger partial charge in [0.25, 0.3) is 0 Å². The second-order valence-electron chi connectivity index (χ2n) is 9.47. The van der Waals surface area contributed by atoms with E-state index in [9.17, 15) is 9.59 Å². The molecule has 0 bridgehead atoms. The van der Waals surface area contributed by atoms with E-state index in [0.717, 1.165) is 58.4 Å². The van der Waals surface area contributed by atoms with Crippen LogP contribution in [0.25, 0.3) is 0 Å². The Morgan fingerprint density at radius 3 is 2.39 bits per heavy atom. The Bertz CT molecular complexity index is 510. The van der Waals surface area contributed by atoms with Gasteiger partial charge >= 0.3 is 6.09 Å². The van der Waals surface area contributed by atoms with Crippen molar-refractivity contribution in [1.82, 2.24) is 20.0 Å². The van der Waals surface area contributed by atoms with Gasteiger partial charge in [-0.1, -0.05) is 0 Å². The highest BCUT2D eigenvalue weighted by molar-refractivity contribution is 5.76. The smallest absolute Gasteiger partial charge is 0.407 e. The van der Waals surface area contributed by atoms with E-state index in [2.05, 4.69) is 29.2 Å². The predicted molar refractivity (Wildman–Crippen MR) is 111 cm³/mol. The molecule has 0 radical (unpaired) electrons. The lowest BCUT2D eigenvalue weighted by Gasteiger charge is -2.36. The van der Waals surface area contributed by atoms with E-state index in [1.54, 1.807) is 0 Å². The monoisotopic (exact) mass is 396 g/mol. The van der Waals surface area contributed by atoms with Crippen LogP contribution in [-0.4, -0.2) is 91.2 Å².